The number of aryl methyl sites for hydroxylation is 2. The van der Waals surface area contributed by atoms with E-state index in [2.05, 4.69) is 42.3 Å². The van der Waals surface area contributed by atoms with Gasteiger partial charge in [-0.15, -0.1) is 0 Å². The molecule has 1 aliphatic heterocycles. The van der Waals surface area contributed by atoms with E-state index in [0.717, 1.165) is 30.5 Å². The van der Waals surface area contributed by atoms with Crippen LogP contribution in [0.3, 0.4) is 0 Å². The van der Waals surface area contributed by atoms with E-state index in [1.807, 2.05) is 36.5 Å². The fourth-order valence-corrected chi connectivity index (χ4v) is 4.47. The second kappa shape index (κ2) is 8.20. The lowest BCUT2D eigenvalue weighted by Crippen LogP contribution is -2.28. The van der Waals surface area contributed by atoms with Gasteiger partial charge in [-0.1, -0.05) is 60.2 Å². The first-order valence-corrected chi connectivity index (χ1v) is 10.4. The van der Waals surface area contributed by atoms with Crippen molar-refractivity contribution < 1.29 is 9.59 Å². The predicted octanol–water partition coefficient (Wildman–Crippen LogP) is 5.25. The summed E-state index contributed by atoms with van der Waals surface area (Å²) < 4.78 is 0. The fraction of sp³-hybridized carbons (Fsp3) is 0.308. The van der Waals surface area contributed by atoms with E-state index >= 15 is 0 Å². The molecule has 0 N–H and O–H groups in total. The number of carbonyl (C=O) groups is 2. The zero-order valence-electron chi connectivity index (χ0n) is 17.1. The van der Waals surface area contributed by atoms with E-state index in [1.165, 1.54) is 16.7 Å². The molecule has 0 saturated heterocycles. The Kier molecular flexibility index (Phi) is 5.48. The molecule has 29 heavy (non-hydrogen) atoms. The molecule has 3 heteroatoms. The van der Waals surface area contributed by atoms with Crippen LogP contribution in [0.4, 0.5) is 0 Å². The number of nitrogens with zero attached hydrogens (tertiary/aromatic N) is 1. The lowest BCUT2D eigenvalue weighted by atomic mass is 9.76. The summed E-state index contributed by atoms with van der Waals surface area (Å²) in [6, 6.07) is 16.3. The Morgan fingerprint density at radius 3 is 2.69 bits per heavy atom. The molecule has 1 aliphatic carbocycles. The highest BCUT2D eigenvalue weighted by Gasteiger charge is 2.31. The number of Topliss-reactive ketones (excluding diaryl/α,β-unsaturated/α-hetero) is 2. The Morgan fingerprint density at radius 1 is 1.14 bits per heavy atom. The molecule has 0 radical (unpaired) electrons. The number of benzene rings is 2. The number of allylic oxidation sites excluding steroid dienone is 2. The molecular weight excluding hydrogens is 358 g/mol. The molecule has 0 spiro atoms. The molecule has 0 fully saturated rings. The summed E-state index contributed by atoms with van der Waals surface area (Å²) in [6.07, 6.45) is 8.60. The van der Waals surface area contributed by atoms with E-state index < -0.39 is 0 Å². The van der Waals surface area contributed by atoms with Gasteiger partial charge in [0.1, 0.15) is 0 Å². The first kappa shape index (κ1) is 19.4. The zero-order chi connectivity index (χ0) is 20.4. The summed E-state index contributed by atoms with van der Waals surface area (Å²) in [6.45, 7) is 4.42. The molecule has 2 aromatic rings. The van der Waals surface area contributed by atoms with Crippen LogP contribution in [-0.4, -0.2) is 16.5 Å². The van der Waals surface area contributed by atoms with Crippen LogP contribution in [-0.2, 0) is 17.8 Å². The molecule has 148 valence electrons. The van der Waals surface area contributed by atoms with Crippen LogP contribution in [0, 0.1) is 18.8 Å². The number of ketones is 2. The number of hydrogen-bond acceptors (Lipinski definition) is 3. The van der Waals surface area contributed by atoms with E-state index in [1.54, 1.807) is 6.92 Å². The molecule has 1 heterocycles. The van der Waals surface area contributed by atoms with Crippen molar-refractivity contribution in [2.45, 2.75) is 39.7 Å². The SMILES string of the molecule is CC(=O)C1=CN(Cc2ccccc2)C=CC1CC1CCc2cc(C)ccc2C1=O. The van der Waals surface area contributed by atoms with Crippen molar-refractivity contribution in [2.75, 3.05) is 0 Å². The predicted molar refractivity (Wildman–Crippen MR) is 115 cm³/mol. The summed E-state index contributed by atoms with van der Waals surface area (Å²) >= 11 is 0. The minimum Gasteiger partial charge on any atom is -0.350 e. The Hall–Kier alpha value is -2.94. The van der Waals surface area contributed by atoms with E-state index in [4.69, 9.17) is 0 Å². The van der Waals surface area contributed by atoms with Gasteiger partial charge in [0.15, 0.2) is 11.6 Å². The van der Waals surface area contributed by atoms with E-state index in [-0.39, 0.29) is 23.4 Å². The third kappa shape index (κ3) is 4.24. The normalized spacial score (nSPS) is 21.0. The molecule has 0 bridgehead atoms. The number of fused-ring (bicyclic) bond motifs is 1. The smallest absolute Gasteiger partial charge is 0.166 e. The van der Waals surface area contributed by atoms with Gasteiger partial charge in [-0.05, 0) is 44.2 Å². The van der Waals surface area contributed by atoms with Crippen molar-refractivity contribution in [3.8, 4) is 0 Å². The summed E-state index contributed by atoms with van der Waals surface area (Å²) in [5.41, 5.74) is 5.23. The van der Waals surface area contributed by atoms with Gasteiger partial charge in [0.25, 0.3) is 0 Å². The standard InChI is InChI=1S/C26H27NO2/c1-18-8-11-24-21(14-18)9-10-23(26(24)29)15-22-12-13-27(17-25(22)19(2)28)16-20-6-4-3-5-7-20/h3-8,11-14,17,22-23H,9-10,15-16H2,1-2H3. The van der Waals surface area contributed by atoms with Crippen molar-refractivity contribution in [3.05, 3.63) is 94.8 Å². The molecule has 4 rings (SSSR count). The van der Waals surface area contributed by atoms with Gasteiger partial charge >= 0.3 is 0 Å². The summed E-state index contributed by atoms with van der Waals surface area (Å²) in [5, 5.41) is 0. The quantitative estimate of drug-likeness (QED) is 0.705. The summed E-state index contributed by atoms with van der Waals surface area (Å²) in [7, 11) is 0. The third-order valence-corrected chi connectivity index (χ3v) is 6.03. The largest absolute Gasteiger partial charge is 0.350 e. The zero-order valence-corrected chi connectivity index (χ0v) is 17.1. The molecule has 2 atom stereocenters. The maximum Gasteiger partial charge on any atom is 0.166 e. The highest BCUT2D eigenvalue weighted by Crippen LogP contribution is 2.34. The molecule has 2 unspecified atom stereocenters. The van der Waals surface area contributed by atoms with Crippen LogP contribution in [0.5, 0.6) is 0 Å². The molecule has 2 aliphatic rings. The maximum absolute atomic E-state index is 13.0. The lowest BCUT2D eigenvalue weighted by Gasteiger charge is -2.30. The molecule has 2 aromatic carbocycles. The van der Waals surface area contributed by atoms with Crippen LogP contribution in [0.15, 0.2) is 72.6 Å². The van der Waals surface area contributed by atoms with Gasteiger partial charge in [-0.25, -0.2) is 0 Å². The highest BCUT2D eigenvalue weighted by atomic mass is 16.1. The Bertz CT molecular complexity index is 987. The molecule has 0 amide bonds. The van der Waals surface area contributed by atoms with E-state index in [0.29, 0.717) is 6.42 Å². The van der Waals surface area contributed by atoms with Gasteiger partial charge in [-0.2, -0.15) is 0 Å². The minimum absolute atomic E-state index is 0.000437. The van der Waals surface area contributed by atoms with Crippen LogP contribution < -0.4 is 0 Å². The first-order chi connectivity index (χ1) is 14.0. The second-order valence-corrected chi connectivity index (χ2v) is 8.24. The Labute approximate surface area is 172 Å². The monoisotopic (exact) mass is 385 g/mol. The van der Waals surface area contributed by atoms with Crippen LogP contribution >= 0.6 is 0 Å². The third-order valence-electron chi connectivity index (χ3n) is 6.03. The Morgan fingerprint density at radius 2 is 1.93 bits per heavy atom. The van der Waals surface area contributed by atoms with Crippen LogP contribution in [0.1, 0.15) is 46.8 Å². The van der Waals surface area contributed by atoms with Crippen molar-refractivity contribution in [3.63, 3.8) is 0 Å². The van der Waals surface area contributed by atoms with Gasteiger partial charge in [0, 0.05) is 41.9 Å². The fourth-order valence-electron chi connectivity index (χ4n) is 4.47. The molecule has 0 saturated carbocycles. The van der Waals surface area contributed by atoms with Gasteiger partial charge in [0.05, 0.1) is 0 Å². The van der Waals surface area contributed by atoms with Crippen molar-refractivity contribution in [1.82, 2.24) is 4.90 Å². The van der Waals surface area contributed by atoms with Gasteiger partial charge in [0.2, 0.25) is 0 Å². The Balaban J connectivity index is 1.49. The number of rotatable bonds is 5. The molecule has 0 aromatic heterocycles. The minimum atomic E-state index is -0.0247. The summed E-state index contributed by atoms with van der Waals surface area (Å²) in [5.74, 6) is 0.287. The van der Waals surface area contributed by atoms with Gasteiger partial charge < -0.3 is 4.90 Å². The topological polar surface area (TPSA) is 37.4 Å². The number of carbonyl (C=O) groups excluding carboxylic acids is 2. The van der Waals surface area contributed by atoms with Crippen LogP contribution in [0.25, 0.3) is 0 Å². The highest BCUT2D eigenvalue weighted by molar-refractivity contribution is 6.00. The average Bonchev–Trinajstić information content (AvgIpc) is 2.71. The van der Waals surface area contributed by atoms with Crippen molar-refractivity contribution in [1.29, 1.82) is 0 Å². The van der Waals surface area contributed by atoms with Gasteiger partial charge in [-0.3, -0.25) is 9.59 Å². The summed E-state index contributed by atoms with van der Waals surface area (Å²) in [4.78, 5) is 27.5. The maximum atomic E-state index is 13.0. The van der Waals surface area contributed by atoms with Crippen molar-refractivity contribution in [2.24, 2.45) is 11.8 Å². The van der Waals surface area contributed by atoms with Crippen molar-refractivity contribution >= 4 is 11.6 Å². The first-order valence-electron chi connectivity index (χ1n) is 10.4. The molecule has 3 nitrogen and oxygen atoms in total. The second-order valence-electron chi connectivity index (χ2n) is 8.24. The van der Waals surface area contributed by atoms with E-state index in [9.17, 15) is 9.59 Å². The molecular formula is C26H27NO2. The van der Waals surface area contributed by atoms with Crippen LogP contribution in [0.2, 0.25) is 0 Å². The lowest BCUT2D eigenvalue weighted by molar-refractivity contribution is -0.114. The average molecular weight is 386 g/mol. The number of hydrogen-bond donors (Lipinski definition) is 0.